The molecular weight excluding hydrogens is 603 g/mol. The highest BCUT2D eigenvalue weighted by atomic mass is 31.2. The van der Waals surface area contributed by atoms with Crippen LogP contribution in [0.5, 0.6) is 0 Å². The molecule has 0 aromatic rings. The minimum atomic E-state index is -4.76. The molecule has 0 aliphatic heterocycles. The van der Waals surface area contributed by atoms with E-state index in [1.807, 2.05) is 0 Å². The summed E-state index contributed by atoms with van der Waals surface area (Å²) in [7, 11) is -4.76. The van der Waals surface area contributed by atoms with Crippen molar-refractivity contribution in [1.29, 1.82) is 0 Å². The van der Waals surface area contributed by atoms with Crippen LogP contribution in [0.3, 0.4) is 0 Å². The van der Waals surface area contributed by atoms with E-state index in [1.165, 1.54) is 51.4 Å². The molecule has 266 valence electrons. The zero-order chi connectivity index (χ0) is 34.0. The zero-order valence-electron chi connectivity index (χ0n) is 29.0. The number of hydrogen-bond acceptors (Lipinski definition) is 6. The largest absolute Gasteiger partial charge is 0.469 e. The zero-order valence-corrected chi connectivity index (χ0v) is 29.9. The number of esters is 2. The third kappa shape index (κ3) is 34.9. The van der Waals surface area contributed by atoms with Gasteiger partial charge in [0.05, 0.1) is 6.61 Å². The Hall–Kier alpha value is -1.99. The SMILES string of the molecule is CCCCC/C=C/C/C=C/C/C=C/CCCCC(=O)O[C@H](COC(=O)CCCCCCC/C=C/CCCCCC)COP(=O)(O)O. The highest BCUT2D eigenvalue weighted by Gasteiger charge is 2.22. The number of allylic oxidation sites excluding steroid dienone is 8. The number of phosphoric acid groups is 1. The quantitative estimate of drug-likeness (QED) is 0.0315. The smallest absolute Gasteiger partial charge is 0.462 e. The van der Waals surface area contributed by atoms with E-state index in [0.29, 0.717) is 12.8 Å². The van der Waals surface area contributed by atoms with Gasteiger partial charge in [0, 0.05) is 12.8 Å². The van der Waals surface area contributed by atoms with E-state index in [1.54, 1.807) is 0 Å². The van der Waals surface area contributed by atoms with Gasteiger partial charge in [-0.2, -0.15) is 0 Å². The van der Waals surface area contributed by atoms with E-state index in [-0.39, 0.29) is 19.4 Å². The third-order valence-electron chi connectivity index (χ3n) is 7.32. The molecule has 0 fully saturated rings. The van der Waals surface area contributed by atoms with Crippen molar-refractivity contribution >= 4 is 19.8 Å². The van der Waals surface area contributed by atoms with Crippen LogP contribution in [0.25, 0.3) is 0 Å². The van der Waals surface area contributed by atoms with Crippen molar-refractivity contribution in [2.75, 3.05) is 13.2 Å². The Kier molecular flexibility index (Phi) is 31.5. The minimum absolute atomic E-state index is 0.160. The Morgan fingerprint density at radius 2 is 0.978 bits per heavy atom. The van der Waals surface area contributed by atoms with Crippen molar-refractivity contribution < 1.29 is 37.9 Å². The van der Waals surface area contributed by atoms with Gasteiger partial charge in [0.15, 0.2) is 6.10 Å². The Bertz CT molecular complexity index is 890. The number of carbonyl (C=O) groups is 2. The average molecular weight is 669 g/mol. The summed E-state index contributed by atoms with van der Waals surface area (Å²) >= 11 is 0. The molecular formula is C37H65O8P. The lowest BCUT2D eigenvalue weighted by atomic mass is 10.1. The molecule has 0 aromatic heterocycles. The summed E-state index contributed by atoms with van der Waals surface area (Å²) in [6.45, 7) is 3.58. The van der Waals surface area contributed by atoms with E-state index >= 15 is 0 Å². The average Bonchev–Trinajstić information content (AvgIpc) is 3.02. The fourth-order valence-electron chi connectivity index (χ4n) is 4.61. The van der Waals surface area contributed by atoms with Crippen molar-refractivity contribution in [2.45, 2.75) is 161 Å². The Balaban J connectivity index is 4.09. The molecule has 0 aromatic carbocycles. The lowest BCUT2D eigenvalue weighted by Gasteiger charge is -2.18. The fraction of sp³-hybridized carbons (Fsp3) is 0.730. The van der Waals surface area contributed by atoms with Crippen LogP contribution >= 0.6 is 7.82 Å². The van der Waals surface area contributed by atoms with Crippen LogP contribution in [-0.4, -0.2) is 41.0 Å². The van der Waals surface area contributed by atoms with Gasteiger partial charge < -0.3 is 19.3 Å². The molecule has 0 saturated heterocycles. The van der Waals surface area contributed by atoms with Crippen LogP contribution in [0, 0.1) is 0 Å². The predicted molar refractivity (Wildman–Crippen MR) is 188 cm³/mol. The molecule has 0 spiro atoms. The van der Waals surface area contributed by atoms with Gasteiger partial charge in [0.25, 0.3) is 0 Å². The molecule has 0 saturated carbocycles. The van der Waals surface area contributed by atoms with Crippen LogP contribution in [0.2, 0.25) is 0 Å². The third-order valence-corrected chi connectivity index (χ3v) is 7.81. The van der Waals surface area contributed by atoms with Gasteiger partial charge in [-0.3, -0.25) is 14.1 Å². The lowest BCUT2D eigenvalue weighted by molar-refractivity contribution is -0.161. The number of phosphoric ester groups is 1. The first kappa shape index (κ1) is 44.0. The van der Waals surface area contributed by atoms with Crippen molar-refractivity contribution in [3.8, 4) is 0 Å². The van der Waals surface area contributed by atoms with Gasteiger partial charge in [0.1, 0.15) is 6.61 Å². The summed E-state index contributed by atoms with van der Waals surface area (Å²) in [4.78, 5) is 42.6. The lowest BCUT2D eigenvalue weighted by Crippen LogP contribution is -2.29. The molecule has 0 rings (SSSR count). The summed E-state index contributed by atoms with van der Waals surface area (Å²) < 4.78 is 26.2. The van der Waals surface area contributed by atoms with E-state index in [9.17, 15) is 14.2 Å². The number of rotatable bonds is 32. The van der Waals surface area contributed by atoms with Crippen LogP contribution in [0.4, 0.5) is 0 Å². The molecule has 0 bridgehead atoms. The standard InChI is InChI=1S/C37H65O8P/c1-3-5-7-9-11-13-15-17-18-20-22-24-26-28-30-32-37(39)45-35(34-44-46(40,41)42)33-43-36(38)31-29-27-25-23-21-19-16-14-12-10-8-6-4-2/h11,13-14,16-18,22,24,35H,3-10,12,15,19-21,23,25-34H2,1-2H3,(H2,40,41,42)/b13-11+,16-14+,18-17+,24-22+/t35-/m1/s1. The highest BCUT2D eigenvalue weighted by Crippen LogP contribution is 2.35. The predicted octanol–water partition coefficient (Wildman–Crippen LogP) is 10.4. The van der Waals surface area contributed by atoms with E-state index < -0.39 is 32.5 Å². The summed E-state index contributed by atoms with van der Waals surface area (Å²) in [6, 6.07) is 0. The van der Waals surface area contributed by atoms with Crippen LogP contribution in [0.15, 0.2) is 48.6 Å². The van der Waals surface area contributed by atoms with E-state index in [2.05, 4.69) is 67.0 Å². The minimum Gasteiger partial charge on any atom is -0.462 e. The van der Waals surface area contributed by atoms with E-state index in [4.69, 9.17) is 19.3 Å². The van der Waals surface area contributed by atoms with Gasteiger partial charge >= 0.3 is 19.8 Å². The summed E-state index contributed by atoms with van der Waals surface area (Å²) in [6.07, 6.45) is 38.3. The fourth-order valence-corrected chi connectivity index (χ4v) is 4.97. The first-order valence-corrected chi connectivity index (χ1v) is 19.5. The van der Waals surface area contributed by atoms with Gasteiger partial charge in [-0.15, -0.1) is 0 Å². The molecule has 8 nitrogen and oxygen atoms in total. The van der Waals surface area contributed by atoms with Crippen molar-refractivity contribution in [1.82, 2.24) is 0 Å². The number of carbonyl (C=O) groups excluding carboxylic acids is 2. The Morgan fingerprint density at radius 1 is 0.565 bits per heavy atom. The van der Waals surface area contributed by atoms with Gasteiger partial charge in [-0.1, -0.05) is 114 Å². The molecule has 0 aliphatic carbocycles. The summed E-state index contributed by atoms with van der Waals surface area (Å²) in [5.74, 6) is -0.944. The maximum Gasteiger partial charge on any atom is 0.469 e. The Labute approximate surface area is 280 Å². The Morgan fingerprint density at radius 3 is 1.57 bits per heavy atom. The molecule has 1 atom stereocenters. The number of hydrogen-bond donors (Lipinski definition) is 2. The second-order valence-electron chi connectivity index (χ2n) is 11.8. The van der Waals surface area contributed by atoms with Gasteiger partial charge in [-0.05, 0) is 77.0 Å². The molecule has 46 heavy (non-hydrogen) atoms. The molecule has 9 heteroatoms. The van der Waals surface area contributed by atoms with Crippen molar-refractivity contribution in [3.63, 3.8) is 0 Å². The monoisotopic (exact) mass is 668 g/mol. The molecule has 0 unspecified atom stereocenters. The first-order valence-electron chi connectivity index (χ1n) is 17.9. The second kappa shape index (κ2) is 32.9. The van der Waals surface area contributed by atoms with Crippen molar-refractivity contribution in [3.05, 3.63) is 48.6 Å². The first-order chi connectivity index (χ1) is 22.3. The van der Waals surface area contributed by atoms with Gasteiger partial charge in [-0.25, -0.2) is 4.57 Å². The maximum atomic E-state index is 12.3. The molecule has 0 heterocycles. The molecule has 0 radical (unpaired) electrons. The maximum absolute atomic E-state index is 12.3. The van der Waals surface area contributed by atoms with Gasteiger partial charge in [0.2, 0.25) is 0 Å². The summed E-state index contributed by atoms with van der Waals surface area (Å²) in [5.41, 5.74) is 0. The highest BCUT2D eigenvalue weighted by molar-refractivity contribution is 7.46. The molecule has 0 amide bonds. The topological polar surface area (TPSA) is 119 Å². The molecule has 0 aliphatic rings. The number of ether oxygens (including phenoxy) is 2. The van der Waals surface area contributed by atoms with E-state index in [0.717, 1.165) is 64.2 Å². The van der Waals surface area contributed by atoms with Crippen molar-refractivity contribution in [2.24, 2.45) is 0 Å². The van der Waals surface area contributed by atoms with Crippen LogP contribution in [0.1, 0.15) is 155 Å². The second-order valence-corrected chi connectivity index (χ2v) is 13.1. The van der Waals surface area contributed by atoms with Crippen LogP contribution in [-0.2, 0) is 28.2 Å². The summed E-state index contributed by atoms with van der Waals surface area (Å²) in [5, 5.41) is 0. The van der Waals surface area contributed by atoms with Crippen LogP contribution < -0.4 is 0 Å². The number of unbranched alkanes of at least 4 members (excludes halogenated alkanes) is 14. The normalized spacial score (nSPS) is 13.0. The molecule has 2 N–H and O–H groups in total.